The number of piperazine rings is 1. The average Bonchev–Trinajstić information content (AvgIpc) is 3.16. The Morgan fingerprint density at radius 1 is 1.19 bits per heavy atom. The minimum atomic E-state index is -0.151. The molecular formula is C21H30N4OS. The van der Waals surface area contributed by atoms with Crippen molar-refractivity contribution in [3.63, 3.8) is 0 Å². The van der Waals surface area contributed by atoms with Gasteiger partial charge in [-0.3, -0.25) is 4.90 Å². The van der Waals surface area contributed by atoms with E-state index in [4.69, 9.17) is 0 Å². The van der Waals surface area contributed by atoms with Gasteiger partial charge in [0, 0.05) is 42.8 Å². The highest BCUT2D eigenvalue weighted by Crippen LogP contribution is 2.29. The zero-order valence-electron chi connectivity index (χ0n) is 16.4. The molecule has 1 aliphatic heterocycles. The van der Waals surface area contributed by atoms with E-state index in [1.807, 2.05) is 31.2 Å². The lowest BCUT2D eigenvalue weighted by atomic mass is 10.0. The van der Waals surface area contributed by atoms with Gasteiger partial charge < -0.3 is 15.5 Å². The van der Waals surface area contributed by atoms with Gasteiger partial charge in [-0.15, -0.1) is 11.3 Å². The Bertz CT molecular complexity index is 726. The molecule has 146 valence electrons. The first-order valence-electron chi connectivity index (χ1n) is 9.71. The summed E-state index contributed by atoms with van der Waals surface area (Å²) in [7, 11) is 0. The largest absolute Gasteiger partial charge is 0.333 e. The minimum Gasteiger partial charge on any atom is -0.333 e. The third-order valence-electron chi connectivity index (χ3n) is 5.19. The van der Waals surface area contributed by atoms with Crippen molar-refractivity contribution < 1.29 is 4.79 Å². The van der Waals surface area contributed by atoms with E-state index in [1.165, 1.54) is 4.88 Å². The number of carbonyl (C=O) groups excluding carboxylic acids is 1. The molecular weight excluding hydrogens is 356 g/mol. The Kier molecular flexibility index (Phi) is 6.88. The van der Waals surface area contributed by atoms with Crippen LogP contribution in [0.5, 0.6) is 0 Å². The van der Waals surface area contributed by atoms with E-state index in [0.29, 0.717) is 0 Å². The molecule has 0 radical (unpaired) electrons. The topological polar surface area (TPSA) is 47.6 Å². The zero-order chi connectivity index (χ0) is 19.2. The Morgan fingerprint density at radius 3 is 2.59 bits per heavy atom. The fraction of sp³-hybridized carbons (Fsp3) is 0.476. The molecule has 5 nitrogen and oxygen atoms in total. The van der Waals surface area contributed by atoms with Crippen LogP contribution < -0.4 is 10.6 Å². The number of anilines is 1. The fourth-order valence-electron chi connectivity index (χ4n) is 3.74. The molecule has 3 rings (SSSR count). The van der Waals surface area contributed by atoms with E-state index < -0.39 is 0 Å². The van der Waals surface area contributed by atoms with Crippen molar-refractivity contribution in [2.24, 2.45) is 0 Å². The SMILES string of the molecule is CCN1CCN(C(c2cccs2)C(C)NC(=O)Nc2cccc(C)c2)CC1. The van der Waals surface area contributed by atoms with Crippen LogP contribution in [-0.2, 0) is 0 Å². The van der Waals surface area contributed by atoms with Crippen molar-refractivity contribution in [2.45, 2.75) is 32.9 Å². The Hall–Kier alpha value is -1.89. The number of aryl methyl sites for hydroxylation is 1. The van der Waals surface area contributed by atoms with Crippen LogP contribution in [0.25, 0.3) is 0 Å². The summed E-state index contributed by atoms with van der Waals surface area (Å²) in [5, 5.41) is 8.23. The van der Waals surface area contributed by atoms with E-state index >= 15 is 0 Å². The standard InChI is InChI=1S/C21H30N4OS/c1-4-24-10-12-25(13-11-24)20(19-9-6-14-27-19)17(3)22-21(26)23-18-8-5-7-16(2)15-18/h5-9,14-15,17,20H,4,10-13H2,1-3H3,(H2,22,23,26). The van der Waals surface area contributed by atoms with Crippen LogP contribution in [0.3, 0.4) is 0 Å². The van der Waals surface area contributed by atoms with Crippen LogP contribution in [0, 0.1) is 6.92 Å². The summed E-state index contributed by atoms with van der Waals surface area (Å²) in [5.74, 6) is 0. The lowest BCUT2D eigenvalue weighted by Gasteiger charge is -2.41. The maximum atomic E-state index is 12.5. The summed E-state index contributed by atoms with van der Waals surface area (Å²) in [6, 6.07) is 12.2. The number of urea groups is 1. The van der Waals surface area contributed by atoms with E-state index in [0.717, 1.165) is 44.0 Å². The number of thiophene rings is 1. The third-order valence-corrected chi connectivity index (χ3v) is 6.13. The molecule has 1 aliphatic rings. The Balaban J connectivity index is 1.66. The first-order valence-corrected chi connectivity index (χ1v) is 10.6. The second-order valence-corrected chi connectivity index (χ2v) is 8.17. The van der Waals surface area contributed by atoms with Crippen LogP contribution in [0.4, 0.5) is 10.5 Å². The van der Waals surface area contributed by atoms with Crippen LogP contribution in [0.2, 0.25) is 0 Å². The monoisotopic (exact) mass is 386 g/mol. The van der Waals surface area contributed by atoms with Gasteiger partial charge in [-0.05, 0) is 49.5 Å². The number of hydrogen-bond acceptors (Lipinski definition) is 4. The van der Waals surface area contributed by atoms with Crippen LogP contribution in [0.15, 0.2) is 41.8 Å². The smallest absolute Gasteiger partial charge is 0.319 e. The molecule has 1 aromatic carbocycles. The maximum absolute atomic E-state index is 12.5. The van der Waals surface area contributed by atoms with Gasteiger partial charge in [0.2, 0.25) is 0 Å². The highest BCUT2D eigenvalue weighted by molar-refractivity contribution is 7.10. The van der Waals surface area contributed by atoms with E-state index in [9.17, 15) is 4.79 Å². The van der Waals surface area contributed by atoms with Crippen molar-refractivity contribution in [3.05, 3.63) is 52.2 Å². The number of hydrogen-bond donors (Lipinski definition) is 2. The Labute approximate surface area is 166 Å². The number of carbonyl (C=O) groups is 1. The van der Waals surface area contributed by atoms with Crippen LogP contribution in [-0.4, -0.2) is 54.6 Å². The normalized spacial score (nSPS) is 18.0. The molecule has 6 heteroatoms. The van der Waals surface area contributed by atoms with Gasteiger partial charge in [0.05, 0.1) is 6.04 Å². The number of rotatable bonds is 6. The first kappa shape index (κ1) is 19.9. The van der Waals surface area contributed by atoms with Crippen molar-refractivity contribution in [3.8, 4) is 0 Å². The molecule has 0 aliphatic carbocycles. The quantitative estimate of drug-likeness (QED) is 0.790. The minimum absolute atomic E-state index is 0.0154. The molecule has 0 saturated carbocycles. The summed E-state index contributed by atoms with van der Waals surface area (Å²) in [5.41, 5.74) is 1.95. The van der Waals surface area contributed by atoms with E-state index in [-0.39, 0.29) is 18.1 Å². The van der Waals surface area contributed by atoms with Crippen molar-refractivity contribution >= 4 is 23.1 Å². The van der Waals surface area contributed by atoms with Gasteiger partial charge in [0.1, 0.15) is 0 Å². The van der Waals surface area contributed by atoms with Crippen LogP contribution >= 0.6 is 11.3 Å². The molecule has 1 aromatic heterocycles. The second-order valence-electron chi connectivity index (χ2n) is 7.19. The molecule has 2 heterocycles. The first-order chi connectivity index (χ1) is 13.1. The molecule has 2 unspecified atom stereocenters. The third kappa shape index (κ3) is 5.31. The van der Waals surface area contributed by atoms with Gasteiger partial charge >= 0.3 is 6.03 Å². The summed E-state index contributed by atoms with van der Waals surface area (Å²) >= 11 is 1.77. The van der Waals surface area contributed by atoms with Gasteiger partial charge in [-0.2, -0.15) is 0 Å². The van der Waals surface area contributed by atoms with Gasteiger partial charge in [0.15, 0.2) is 0 Å². The number of likely N-dealkylation sites (N-methyl/N-ethyl adjacent to an activating group) is 1. The molecule has 0 bridgehead atoms. The van der Waals surface area contributed by atoms with Gasteiger partial charge in [0.25, 0.3) is 0 Å². The lowest BCUT2D eigenvalue weighted by molar-refractivity contribution is 0.0868. The van der Waals surface area contributed by atoms with E-state index in [2.05, 4.69) is 51.8 Å². The summed E-state index contributed by atoms with van der Waals surface area (Å²) in [6.45, 7) is 11.7. The molecule has 2 aromatic rings. The number of amides is 2. The summed E-state index contributed by atoms with van der Waals surface area (Å²) in [4.78, 5) is 18.8. The highest BCUT2D eigenvalue weighted by Gasteiger charge is 2.30. The number of benzene rings is 1. The molecule has 1 fully saturated rings. The van der Waals surface area contributed by atoms with Crippen LogP contribution in [0.1, 0.15) is 30.3 Å². The molecule has 0 spiro atoms. The Morgan fingerprint density at radius 2 is 1.96 bits per heavy atom. The lowest BCUT2D eigenvalue weighted by Crippen LogP contribution is -2.52. The predicted octanol–water partition coefficient (Wildman–Crippen LogP) is 3.95. The molecule has 27 heavy (non-hydrogen) atoms. The van der Waals surface area contributed by atoms with Gasteiger partial charge in [-0.25, -0.2) is 4.79 Å². The average molecular weight is 387 g/mol. The molecule has 2 amide bonds. The number of nitrogens with one attached hydrogen (secondary N) is 2. The zero-order valence-corrected chi connectivity index (χ0v) is 17.3. The van der Waals surface area contributed by atoms with E-state index in [1.54, 1.807) is 11.3 Å². The highest BCUT2D eigenvalue weighted by atomic mass is 32.1. The molecule has 2 N–H and O–H groups in total. The van der Waals surface area contributed by atoms with Crippen molar-refractivity contribution in [1.29, 1.82) is 0 Å². The fourth-order valence-corrected chi connectivity index (χ4v) is 4.70. The van der Waals surface area contributed by atoms with Gasteiger partial charge in [-0.1, -0.05) is 25.1 Å². The summed E-state index contributed by atoms with van der Waals surface area (Å²) < 4.78 is 0. The predicted molar refractivity (Wildman–Crippen MR) is 114 cm³/mol. The number of nitrogens with zero attached hydrogens (tertiary/aromatic N) is 2. The maximum Gasteiger partial charge on any atom is 0.319 e. The summed E-state index contributed by atoms with van der Waals surface area (Å²) in [6.07, 6.45) is 0. The van der Waals surface area contributed by atoms with Crippen molar-refractivity contribution in [2.75, 3.05) is 38.0 Å². The van der Waals surface area contributed by atoms with Crippen molar-refractivity contribution in [1.82, 2.24) is 15.1 Å². The second kappa shape index (κ2) is 9.35. The molecule has 1 saturated heterocycles. The molecule has 2 atom stereocenters.